The maximum absolute atomic E-state index is 14.2. The van der Waals surface area contributed by atoms with Gasteiger partial charge in [-0.2, -0.15) is 0 Å². The minimum Gasteiger partial charge on any atom is -0.378 e. The minimum absolute atomic E-state index is 0.108. The van der Waals surface area contributed by atoms with Crippen LogP contribution in [-0.4, -0.2) is 15.9 Å². The molecule has 0 fully saturated rings. The first-order chi connectivity index (χ1) is 9.58. The molecule has 0 unspecified atom stereocenters. The summed E-state index contributed by atoms with van der Waals surface area (Å²) in [7, 11) is 0. The van der Waals surface area contributed by atoms with Gasteiger partial charge in [0.05, 0.1) is 22.1 Å². The third kappa shape index (κ3) is 2.54. The number of rotatable bonds is 5. The van der Waals surface area contributed by atoms with Crippen molar-refractivity contribution in [1.82, 2.24) is 4.98 Å². The third-order valence-electron chi connectivity index (χ3n) is 3.35. The van der Waals surface area contributed by atoms with Gasteiger partial charge in [0.2, 0.25) is 0 Å². The molecule has 0 saturated heterocycles. The number of anilines is 1. The Morgan fingerprint density at radius 3 is 2.75 bits per heavy atom. The molecule has 1 aromatic carbocycles. The van der Waals surface area contributed by atoms with E-state index < -0.39 is 10.7 Å². The summed E-state index contributed by atoms with van der Waals surface area (Å²) in [6.45, 7) is 4.00. The summed E-state index contributed by atoms with van der Waals surface area (Å²) < 4.78 is 14.2. The molecule has 0 saturated carbocycles. The molecule has 1 heterocycles. The summed E-state index contributed by atoms with van der Waals surface area (Å²) in [5.41, 5.74) is 0.270. The van der Waals surface area contributed by atoms with Crippen LogP contribution in [0.2, 0.25) is 0 Å². The number of hydrogen-bond donors (Lipinski definition) is 1. The van der Waals surface area contributed by atoms with Crippen LogP contribution in [0.5, 0.6) is 0 Å². The lowest BCUT2D eigenvalue weighted by Gasteiger charge is -2.18. The number of nitrogens with zero attached hydrogens (tertiary/aromatic N) is 2. The molecule has 0 bridgehead atoms. The van der Waals surface area contributed by atoms with Crippen molar-refractivity contribution in [2.24, 2.45) is 0 Å². The Balaban J connectivity index is 2.63. The maximum atomic E-state index is 14.2. The first-order valence-electron chi connectivity index (χ1n) is 6.56. The molecule has 0 atom stereocenters. The molecular weight excluding hydrogens is 261 g/mol. The van der Waals surface area contributed by atoms with Gasteiger partial charge in [0.25, 0.3) is 5.69 Å². The zero-order valence-corrected chi connectivity index (χ0v) is 11.4. The highest BCUT2D eigenvalue weighted by Crippen LogP contribution is 2.33. The van der Waals surface area contributed by atoms with Crippen LogP contribution < -0.4 is 5.32 Å². The van der Waals surface area contributed by atoms with E-state index in [-0.39, 0.29) is 17.4 Å². The van der Waals surface area contributed by atoms with Gasteiger partial charge in [-0.25, -0.2) is 4.39 Å². The fourth-order valence-corrected chi connectivity index (χ4v) is 2.18. The number of fused-ring (bicyclic) bond motifs is 1. The number of hydrogen-bond acceptors (Lipinski definition) is 4. The van der Waals surface area contributed by atoms with E-state index in [9.17, 15) is 14.5 Å². The molecule has 2 rings (SSSR count). The Morgan fingerprint density at radius 1 is 1.45 bits per heavy atom. The van der Waals surface area contributed by atoms with Crippen molar-refractivity contribution in [1.29, 1.82) is 0 Å². The van der Waals surface area contributed by atoms with Gasteiger partial charge in [0.1, 0.15) is 5.52 Å². The minimum atomic E-state index is -0.644. The van der Waals surface area contributed by atoms with E-state index in [0.29, 0.717) is 10.9 Å². The predicted molar refractivity (Wildman–Crippen MR) is 76.3 cm³/mol. The molecule has 0 radical (unpaired) electrons. The molecule has 2 aromatic rings. The average Bonchev–Trinajstić information content (AvgIpc) is 2.45. The molecule has 6 heteroatoms. The van der Waals surface area contributed by atoms with Gasteiger partial charge >= 0.3 is 0 Å². The lowest BCUT2D eigenvalue weighted by molar-refractivity contribution is -0.383. The normalized spacial score (nSPS) is 11.0. The fourth-order valence-electron chi connectivity index (χ4n) is 2.18. The van der Waals surface area contributed by atoms with Crippen LogP contribution in [0.3, 0.4) is 0 Å². The van der Waals surface area contributed by atoms with Crippen LogP contribution in [0.1, 0.15) is 26.7 Å². The summed E-state index contributed by atoms with van der Waals surface area (Å²) >= 11 is 0. The van der Waals surface area contributed by atoms with E-state index in [4.69, 9.17) is 0 Å². The van der Waals surface area contributed by atoms with Gasteiger partial charge in [0, 0.05) is 12.2 Å². The van der Waals surface area contributed by atoms with Gasteiger partial charge in [-0.15, -0.1) is 0 Å². The van der Waals surface area contributed by atoms with Crippen LogP contribution in [-0.2, 0) is 0 Å². The van der Waals surface area contributed by atoms with Crippen LogP contribution >= 0.6 is 0 Å². The Hall–Kier alpha value is -2.24. The molecule has 106 valence electrons. The highest BCUT2D eigenvalue weighted by Gasteiger charge is 2.20. The van der Waals surface area contributed by atoms with Gasteiger partial charge in [-0.1, -0.05) is 13.8 Å². The second kappa shape index (κ2) is 5.81. The van der Waals surface area contributed by atoms with Crippen molar-refractivity contribution in [3.63, 3.8) is 0 Å². The zero-order valence-electron chi connectivity index (χ0n) is 11.4. The number of nitrogens with one attached hydrogen (secondary N) is 1. The summed E-state index contributed by atoms with van der Waals surface area (Å²) in [5, 5.41) is 14.4. The van der Waals surface area contributed by atoms with Gasteiger partial charge < -0.3 is 5.32 Å². The van der Waals surface area contributed by atoms with Crippen molar-refractivity contribution >= 4 is 22.3 Å². The van der Waals surface area contributed by atoms with Crippen LogP contribution in [0, 0.1) is 15.9 Å². The smallest absolute Gasteiger partial charge is 0.281 e. The van der Waals surface area contributed by atoms with E-state index in [2.05, 4.69) is 10.3 Å². The van der Waals surface area contributed by atoms with Crippen molar-refractivity contribution < 1.29 is 9.31 Å². The second-order valence-corrected chi connectivity index (χ2v) is 4.57. The number of nitro groups is 1. The average molecular weight is 277 g/mol. The first-order valence-corrected chi connectivity index (χ1v) is 6.56. The molecule has 0 aliphatic carbocycles. The summed E-state index contributed by atoms with van der Waals surface area (Å²) in [6.07, 6.45) is 3.17. The van der Waals surface area contributed by atoms with E-state index in [1.807, 2.05) is 13.8 Å². The number of aromatic nitrogens is 1. The van der Waals surface area contributed by atoms with Gasteiger partial charge in [0.15, 0.2) is 5.82 Å². The molecule has 0 spiro atoms. The van der Waals surface area contributed by atoms with E-state index in [1.54, 1.807) is 12.1 Å². The highest BCUT2D eigenvalue weighted by atomic mass is 19.1. The summed E-state index contributed by atoms with van der Waals surface area (Å²) in [4.78, 5) is 14.5. The molecular formula is C14H16FN3O2. The Bertz CT molecular complexity index is 642. The molecule has 0 aliphatic rings. The van der Waals surface area contributed by atoms with Crippen molar-refractivity contribution in [2.45, 2.75) is 32.7 Å². The highest BCUT2D eigenvalue weighted by molar-refractivity contribution is 5.97. The number of non-ortho nitro benzene ring substituents is 1. The zero-order chi connectivity index (χ0) is 14.7. The number of halogens is 1. The monoisotopic (exact) mass is 277 g/mol. The molecule has 20 heavy (non-hydrogen) atoms. The standard InChI is InChI=1S/C14H16FN3O2/c1-3-9(4-2)17-14-11(15)8-12(18(19)20)10-6-5-7-16-13(10)14/h5-9,17H,3-4H2,1-2H3. The van der Waals surface area contributed by atoms with Crippen molar-refractivity contribution in [3.05, 3.63) is 40.3 Å². The van der Waals surface area contributed by atoms with Crippen LogP contribution in [0.25, 0.3) is 10.9 Å². The molecule has 5 nitrogen and oxygen atoms in total. The molecule has 1 N–H and O–H groups in total. The Kier molecular flexibility index (Phi) is 4.12. The largest absolute Gasteiger partial charge is 0.378 e. The molecule has 0 amide bonds. The van der Waals surface area contributed by atoms with E-state index in [1.165, 1.54) is 6.20 Å². The quantitative estimate of drug-likeness (QED) is 0.665. The molecule has 0 aliphatic heterocycles. The van der Waals surface area contributed by atoms with Crippen molar-refractivity contribution in [2.75, 3.05) is 5.32 Å². The Labute approximate surface area is 116 Å². The number of pyridine rings is 1. The molecule has 1 aromatic heterocycles. The van der Waals surface area contributed by atoms with Gasteiger partial charge in [-0.05, 0) is 25.0 Å². The van der Waals surface area contributed by atoms with E-state index >= 15 is 0 Å². The predicted octanol–water partition coefficient (Wildman–Crippen LogP) is 3.88. The lowest BCUT2D eigenvalue weighted by atomic mass is 10.1. The van der Waals surface area contributed by atoms with Gasteiger partial charge in [-0.3, -0.25) is 15.1 Å². The second-order valence-electron chi connectivity index (χ2n) is 4.57. The Morgan fingerprint density at radius 2 is 2.15 bits per heavy atom. The maximum Gasteiger partial charge on any atom is 0.281 e. The first kappa shape index (κ1) is 14.2. The lowest BCUT2D eigenvalue weighted by Crippen LogP contribution is -2.18. The van der Waals surface area contributed by atoms with Crippen LogP contribution in [0.15, 0.2) is 24.4 Å². The fraction of sp³-hybridized carbons (Fsp3) is 0.357. The van der Waals surface area contributed by atoms with Crippen LogP contribution in [0.4, 0.5) is 15.8 Å². The summed E-state index contributed by atoms with van der Waals surface area (Å²) in [5.74, 6) is -0.644. The van der Waals surface area contributed by atoms with E-state index in [0.717, 1.165) is 18.9 Å². The number of nitro benzene ring substituents is 1. The van der Waals surface area contributed by atoms with Crippen molar-refractivity contribution in [3.8, 4) is 0 Å². The third-order valence-corrected chi connectivity index (χ3v) is 3.35. The summed E-state index contributed by atoms with van der Waals surface area (Å²) in [6, 6.07) is 4.25. The SMILES string of the molecule is CCC(CC)Nc1c(F)cc([N+](=O)[O-])c2cccnc12. The topological polar surface area (TPSA) is 68.1 Å². The number of benzene rings is 1.